The van der Waals surface area contributed by atoms with Gasteiger partial charge in [-0.15, -0.1) is 22.9 Å². The van der Waals surface area contributed by atoms with Crippen molar-refractivity contribution < 1.29 is 9.53 Å². The van der Waals surface area contributed by atoms with Crippen LogP contribution in [0.2, 0.25) is 0 Å². The highest BCUT2D eigenvalue weighted by molar-refractivity contribution is 7.20. The second kappa shape index (κ2) is 6.38. The summed E-state index contributed by atoms with van der Waals surface area (Å²) in [7, 11) is 0. The number of thiophene rings is 1. The lowest BCUT2D eigenvalue weighted by Crippen LogP contribution is -2.20. The minimum absolute atomic E-state index is 0.00416. The van der Waals surface area contributed by atoms with E-state index in [1.165, 1.54) is 17.8 Å². The zero-order chi connectivity index (χ0) is 15.7. The molecule has 22 heavy (non-hydrogen) atoms. The minimum atomic E-state index is -0.348. The number of carbonyl (C=O) groups is 1. The molecule has 3 rings (SSSR count). The maximum absolute atomic E-state index is 12.4. The largest absolute Gasteiger partial charge is 0.458 e. The molecule has 118 valence electrons. The van der Waals surface area contributed by atoms with E-state index in [1.807, 2.05) is 0 Å². The first-order valence-electron chi connectivity index (χ1n) is 7.39. The number of hydrogen-bond donors (Lipinski definition) is 1. The first-order chi connectivity index (χ1) is 10.6. The molecular weight excluding hydrogens is 324 g/mol. The van der Waals surface area contributed by atoms with E-state index in [1.54, 1.807) is 6.92 Å². The summed E-state index contributed by atoms with van der Waals surface area (Å²) in [5.74, 6) is 0.191. The molecule has 5 nitrogen and oxygen atoms in total. The second-order valence-electron chi connectivity index (χ2n) is 5.55. The predicted molar refractivity (Wildman–Crippen MR) is 86.8 cm³/mol. The molecule has 7 heteroatoms. The molecule has 1 saturated carbocycles. The van der Waals surface area contributed by atoms with Gasteiger partial charge in [0.05, 0.1) is 11.3 Å². The highest BCUT2D eigenvalue weighted by Gasteiger charge is 2.24. The van der Waals surface area contributed by atoms with Gasteiger partial charge in [-0.05, 0) is 38.2 Å². The average Bonchev–Trinajstić information content (AvgIpc) is 2.85. The third-order valence-electron chi connectivity index (χ3n) is 3.99. The third-order valence-corrected chi connectivity index (χ3v) is 5.41. The van der Waals surface area contributed by atoms with Crippen molar-refractivity contribution in [1.29, 1.82) is 0 Å². The number of fused-ring (bicyclic) bond motifs is 1. The standard InChI is InChI=1S/C15H17ClN2O3S/c1-8-11-13(19)17-10(7-16)18-14(11)22-12(8)15(20)21-9-5-3-2-4-6-9/h9H,2-7H2,1H3,(H,17,18,19). The normalized spacial score (nSPS) is 16.1. The van der Waals surface area contributed by atoms with Crippen LogP contribution in [0.3, 0.4) is 0 Å². The number of halogens is 1. The molecule has 1 fully saturated rings. The topological polar surface area (TPSA) is 72.0 Å². The number of ether oxygens (including phenoxy) is 1. The maximum atomic E-state index is 12.4. The fourth-order valence-electron chi connectivity index (χ4n) is 2.83. The van der Waals surface area contributed by atoms with E-state index in [-0.39, 0.29) is 23.5 Å². The SMILES string of the molecule is Cc1c(C(=O)OC2CCCCC2)sc2nc(CCl)[nH]c(=O)c12. The van der Waals surface area contributed by atoms with Gasteiger partial charge >= 0.3 is 5.97 Å². The number of aromatic nitrogens is 2. The lowest BCUT2D eigenvalue weighted by molar-refractivity contribution is 0.0216. The summed E-state index contributed by atoms with van der Waals surface area (Å²) in [4.78, 5) is 32.4. The van der Waals surface area contributed by atoms with E-state index in [9.17, 15) is 9.59 Å². The number of H-pyrrole nitrogens is 1. The van der Waals surface area contributed by atoms with Crippen LogP contribution in [0.25, 0.3) is 10.2 Å². The van der Waals surface area contributed by atoms with E-state index < -0.39 is 0 Å². The zero-order valence-electron chi connectivity index (χ0n) is 12.3. The van der Waals surface area contributed by atoms with Crippen molar-refractivity contribution in [1.82, 2.24) is 9.97 Å². The Balaban J connectivity index is 1.93. The molecule has 2 aromatic rings. The number of esters is 1. The number of rotatable bonds is 3. The summed E-state index contributed by atoms with van der Waals surface area (Å²) >= 11 is 6.92. The Morgan fingerprint density at radius 2 is 2.14 bits per heavy atom. The minimum Gasteiger partial charge on any atom is -0.458 e. The van der Waals surface area contributed by atoms with Gasteiger partial charge in [-0.2, -0.15) is 0 Å². The molecule has 0 saturated heterocycles. The van der Waals surface area contributed by atoms with Crippen LogP contribution in [0.4, 0.5) is 0 Å². The van der Waals surface area contributed by atoms with E-state index in [2.05, 4.69) is 9.97 Å². The average molecular weight is 341 g/mol. The maximum Gasteiger partial charge on any atom is 0.348 e. The van der Waals surface area contributed by atoms with Gasteiger partial charge in [0.1, 0.15) is 21.6 Å². The fourth-order valence-corrected chi connectivity index (χ4v) is 4.04. The van der Waals surface area contributed by atoms with Gasteiger partial charge in [0.25, 0.3) is 5.56 Å². The molecule has 0 radical (unpaired) electrons. The molecule has 1 N–H and O–H groups in total. The number of aryl methyl sites for hydroxylation is 1. The molecule has 2 aromatic heterocycles. The van der Waals surface area contributed by atoms with Gasteiger partial charge in [-0.25, -0.2) is 9.78 Å². The molecule has 0 aliphatic heterocycles. The predicted octanol–water partition coefficient (Wildman–Crippen LogP) is 3.52. The highest BCUT2D eigenvalue weighted by Crippen LogP contribution is 2.29. The zero-order valence-corrected chi connectivity index (χ0v) is 13.9. The van der Waals surface area contributed by atoms with Crippen LogP contribution in [-0.4, -0.2) is 22.0 Å². The van der Waals surface area contributed by atoms with Crippen molar-refractivity contribution in [3.05, 3.63) is 26.6 Å². The quantitative estimate of drug-likeness (QED) is 0.685. The van der Waals surface area contributed by atoms with Crippen molar-refractivity contribution >= 4 is 39.1 Å². The smallest absolute Gasteiger partial charge is 0.348 e. The highest BCUT2D eigenvalue weighted by atomic mass is 35.5. The Bertz CT molecular complexity index is 762. The molecule has 0 spiro atoms. The van der Waals surface area contributed by atoms with Gasteiger partial charge in [-0.3, -0.25) is 4.79 Å². The summed E-state index contributed by atoms with van der Waals surface area (Å²) in [5, 5.41) is 0.453. The molecule has 1 aliphatic rings. The Hall–Kier alpha value is -1.40. The molecular formula is C15H17ClN2O3S. The molecule has 1 aliphatic carbocycles. The summed E-state index contributed by atoms with van der Waals surface area (Å²) < 4.78 is 5.59. The van der Waals surface area contributed by atoms with Crippen molar-refractivity contribution in [3.63, 3.8) is 0 Å². The number of nitrogens with one attached hydrogen (secondary N) is 1. The lowest BCUT2D eigenvalue weighted by Gasteiger charge is -2.21. The summed E-state index contributed by atoms with van der Waals surface area (Å²) in [5.41, 5.74) is 0.377. The van der Waals surface area contributed by atoms with Crippen molar-refractivity contribution in [2.24, 2.45) is 0 Å². The van der Waals surface area contributed by atoms with Gasteiger partial charge in [0.2, 0.25) is 0 Å². The Morgan fingerprint density at radius 1 is 1.41 bits per heavy atom. The second-order valence-corrected chi connectivity index (χ2v) is 6.81. The molecule has 2 heterocycles. The summed E-state index contributed by atoms with van der Waals surface area (Å²) in [6, 6.07) is 0. The first-order valence-corrected chi connectivity index (χ1v) is 8.74. The summed E-state index contributed by atoms with van der Waals surface area (Å²) in [6.07, 6.45) is 5.25. The third kappa shape index (κ3) is 2.90. The van der Waals surface area contributed by atoms with Gasteiger partial charge in [0, 0.05) is 0 Å². The lowest BCUT2D eigenvalue weighted by atomic mass is 9.98. The van der Waals surface area contributed by atoms with Crippen LogP contribution in [0, 0.1) is 6.92 Å². The number of hydrogen-bond acceptors (Lipinski definition) is 5. The van der Waals surface area contributed by atoms with E-state index >= 15 is 0 Å². The fraction of sp³-hybridized carbons (Fsp3) is 0.533. The van der Waals surface area contributed by atoms with E-state index in [0.717, 1.165) is 25.7 Å². The molecule has 0 bridgehead atoms. The van der Waals surface area contributed by atoms with Crippen molar-refractivity contribution in [3.8, 4) is 0 Å². The number of carbonyl (C=O) groups excluding carboxylic acids is 1. The number of aromatic amines is 1. The van der Waals surface area contributed by atoms with Gasteiger partial charge in [0.15, 0.2) is 0 Å². The van der Waals surface area contributed by atoms with Crippen LogP contribution in [0.1, 0.15) is 53.2 Å². The van der Waals surface area contributed by atoms with Crippen LogP contribution in [0.15, 0.2) is 4.79 Å². The Labute approximate surface area is 136 Å². The van der Waals surface area contributed by atoms with Crippen LogP contribution in [-0.2, 0) is 10.6 Å². The van der Waals surface area contributed by atoms with Crippen LogP contribution >= 0.6 is 22.9 Å². The van der Waals surface area contributed by atoms with Crippen LogP contribution < -0.4 is 5.56 Å². The number of alkyl halides is 1. The monoisotopic (exact) mass is 340 g/mol. The van der Waals surface area contributed by atoms with Crippen LogP contribution in [0.5, 0.6) is 0 Å². The van der Waals surface area contributed by atoms with Crippen molar-refractivity contribution in [2.45, 2.75) is 51.0 Å². The molecule has 0 amide bonds. The van der Waals surface area contributed by atoms with E-state index in [4.69, 9.17) is 16.3 Å². The molecule has 0 aromatic carbocycles. The molecule has 0 unspecified atom stereocenters. The van der Waals surface area contributed by atoms with Crippen molar-refractivity contribution in [2.75, 3.05) is 0 Å². The Kier molecular flexibility index (Phi) is 4.49. The Morgan fingerprint density at radius 3 is 2.82 bits per heavy atom. The van der Waals surface area contributed by atoms with E-state index in [0.29, 0.717) is 26.5 Å². The van der Waals surface area contributed by atoms with Gasteiger partial charge < -0.3 is 9.72 Å². The number of nitrogens with zero attached hydrogens (tertiary/aromatic N) is 1. The first kappa shape index (κ1) is 15.5. The van der Waals surface area contributed by atoms with Gasteiger partial charge in [-0.1, -0.05) is 6.42 Å². The summed E-state index contributed by atoms with van der Waals surface area (Å²) in [6.45, 7) is 1.76. The molecule has 0 atom stereocenters.